The van der Waals surface area contributed by atoms with E-state index in [1.165, 1.54) is 38.5 Å². The minimum atomic E-state index is 0.345. The average molecular weight is 243 g/mol. The van der Waals surface area contributed by atoms with E-state index in [2.05, 4.69) is 19.2 Å². The molecule has 0 saturated carbocycles. The topological polar surface area (TPSA) is 30.5 Å². The molecule has 2 unspecified atom stereocenters. The van der Waals surface area contributed by atoms with E-state index in [1.54, 1.807) is 0 Å². The second-order valence-corrected chi connectivity index (χ2v) is 4.97. The zero-order valence-corrected chi connectivity index (χ0v) is 11.5. The van der Waals surface area contributed by atoms with Crippen molar-refractivity contribution in [2.75, 3.05) is 26.4 Å². The van der Waals surface area contributed by atoms with Crippen molar-refractivity contribution in [3.05, 3.63) is 0 Å². The molecule has 2 atom stereocenters. The van der Waals surface area contributed by atoms with Gasteiger partial charge in [-0.3, -0.25) is 0 Å². The highest BCUT2D eigenvalue weighted by Gasteiger charge is 2.14. The lowest BCUT2D eigenvalue weighted by Crippen LogP contribution is -2.35. The molecular weight excluding hydrogens is 214 g/mol. The van der Waals surface area contributed by atoms with Gasteiger partial charge in [0.25, 0.3) is 0 Å². The molecule has 1 N–H and O–H groups in total. The largest absolute Gasteiger partial charge is 0.377 e. The fraction of sp³-hybridized carbons (Fsp3) is 1.00. The van der Waals surface area contributed by atoms with Gasteiger partial charge in [0.05, 0.1) is 19.3 Å². The molecule has 1 fully saturated rings. The summed E-state index contributed by atoms with van der Waals surface area (Å²) < 4.78 is 11.5. The van der Waals surface area contributed by atoms with Crippen LogP contribution in [0.25, 0.3) is 0 Å². The Morgan fingerprint density at radius 3 is 2.82 bits per heavy atom. The summed E-state index contributed by atoms with van der Waals surface area (Å²) in [5.74, 6) is 0. The normalized spacial score (nSPS) is 22.6. The van der Waals surface area contributed by atoms with Gasteiger partial charge in [0, 0.05) is 12.6 Å². The van der Waals surface area contributed by atoms with Crippen LogP contribution in [0.2, 0.25) is 0 Å². The molecule has 0 aromatic heterocycles. The molecule has 1 rings (SSSR count). The lowest BCUT2D eigenvalue weighted by atomic mass is 10.1. The Morgan fingerprint density at radius 2 is 2.18 bits per heavy atom. The molecule has 1 heterocycles. The van der Waals surface area contributed by atoms with E-state index in [-0.39, 0.29) is 0 Å². The summed E-state index contributed by atoms with van der Waals surface area (Å²) >= 11 is 0. The second kappa shape index (κ2) is 9.86. The van der Waals surface area contributed by atoms with Gasteiger partial charge >= 0.3 is 0 Å². The van der Waals surface area contributed by atoms with E-state index in [0.717, 1.165) is 26.4 Å². The molecule has 1 aliphatic heterocycles. The lowest BCUT2D eigenvalue weighted by molar-refractivity contribution is -0.0444. The van der Waals surface area contributed by atoms with Gasteiger partial charge < -0.3 is 14.8 Å². The van der Waals surface area contributed by atoms with Crippen molar-refractivity contribution in [3.63, 3.8) is 0 Å². The van der Waals surface area contributed by atoms with Crippen LogP contribution in [0, 0.1) is 0 Å². The van der Waals surface area contributed by atoms with Gasteiger partial charge in [-0.15, -0.1) is 0 Å². The Balaban J connectivity index is 2.07. The fourth-order valence-electron chi connectivity index (χ4n) is 2.22. The average Bonchev–Trinajstić information content (AvgIpc) is 2.37. The Hall–Kier alpha value is -0.120. The van der Waals surface area contributed by atoms with Gasteiger partial charge in [-0.05, 0) is 38.6 Å². The molecule has 17 heavy (non-hydrogen) atoms. The van der Waals surface area contributed by atoms with Crippen LogP contribution in [0.1, 0.15) is 52.4 Å². The Kier molecular flexibility index (Phi) is 8.67. The third kappa shape index (κ3) is 7.02. The maximum atomic E-state index is 5.80. The first-order valence-corrected chi connectivity index (χ1v) is 7.29. The van der Waals surface area contributed by atoms with E-state index in [9.17, 15) is 0 Å². The highest BCUT2D eigenvalue weighted by Crippen LogP contribution is 2.13. The first-order valence-electron chi connectivity index (χ1n) is 7.29. The van der Waals surface area contributed by atoms with Crippen LogP contribution in [0.4, 0.5) is 0 Å². The van der Waals surface area contributed by atoms with E-state index in [1.807, 2.05) is 0 Å². The third-order valence-electron chi connectivity index (χ3n) is 3.22. The van der Waals surface area contributed by atoms with Crippen molar-refractivity contribution in [2.45, 2.75) is 64.5 Å². The van der Waals surface area contributed by atoms with Gasteiger partial charge in [0.2, 0.25) is 0 Å². The smallest absolute Gasteiger partial charge is 0.0808 e. The van der Waals surface area contributed by atoms with Crippen molar-refractivity contribution in [2.24, 2.45) is 0 Å². The van der Waals surface area contributed by atoms with Gasteiger partial charge in [0.1, 0.15) is 0 Å². The highest BCUT2D eigenvalue weighted by atomic mass is 16.5. The van der Waals surface area contributed by atoms with Crippen molar-refractivity contribution in [3.8, 4) is 0 Å². The standard InChI is InChI=1S/C14H29NO2/c1-3-7-13(15-9-4-2)11-16-12-14-8-5-6-10-17-14/h13-15H,3-12H2,1-2H3. The summed E-state index contributed by atoms with van der Waals surface area (Å²) in [5.41, 5.74) is 0. The third-order valence-corrected chi connectivity index (χ3v) is 3.22. The van der Waals surface area contributed by atoms with Crippen LogP contribution < -0.4 is 5.32 Å². The van der Waals surface area contributed by atoms with Crippen LogP contribution in [-0.2, 0) is 9.47 Å². The van der Waals surface area contributed by atoms with Gasteiger partial charge in [0.15, 0.2) is 0 Å². The number of nitrogens with one attached hydrogen (secondary N) is 1. The molecule has 0 aliphatic carbocycles. The Labute approximate surface area is 106 Å². The quantitative estimate of drug-likeness (QED) is 0.675. The number of hydrogen-bond acceptors (Lipinski definition) is 3. The van der Waals surface area contributed by atoms with Crippen LogP contribution in [0.5, 0.6) is 0 Å². The van der Waals surface area contributed by atoms with E-state index >= 15 is 0 Å². The van der Waals surface area contributed by atoms with Crippen LogP contribution in [0.3, 0.4) is 0 Å². The summed E-state index contributed by atoms with van der Waals surface area (Å²) in [6, 6.07) is 0.517. The molecule has 1 saturated heterocycles. The van der Waals surface area contributed by atoms with E-state index < -0.39 is 0 Å². The Morgan fingerprint density at radius 1 is 1.29 bits per heavy atom. The van der Waals surface area contributed by atoms with E-state index in [4.69, 9.17) is 9.47 Å². The van der Waals surface area contributed by atoms with Gasteiger partial charge in [-0.25, -0.2) is 0 Å². The molecule has 102 valence electrons. The van der Waals surface area contributed by atoms with Gasteiger partial charge in [-0.1, -0.05) is 20.3 Å². The van der Waals surface area contributed by atoms with Crippen LogP contribution in [0.15, 0.2) is 0 Å². The molecule has 0 radical (unpaired) electrons. The molecule has 0 bridgehead atoms. The first kappa shape index (κ1) is 14.9. The SMILES string of the molecule is CCCNC(CCC)COCC1CCCCO1. The molecule has 0 aromatic carbocycles. The predicted molar refractivity (Wildman–Crippen MR) is 71.4 cm³/mol. The molecule has 3 nitrogen and oxygen atoms in total. The summed E-state index contributed by atoms with van der Waals surface area (Å²) in [6.07, 6.45) is 7.62. The second-order valence-electron chi connectivity index (χ2n) is 4.97. The minimum Gasteiger partial charge on any atom is -0.377 e. The molecular formula is C14H29NO2. The first-order chi connectivity index (χ1) is 8.36. The molecule has 0 amide bonds. The van der Waals surface area contributed by atoms with E-state index in [0.29, 0.717) is 12.1 Å². The maximum absolute atomic E-state index is 5.80. The zero-order valence-electron chi connectivity index (χ0n) is 11.5. The maximum Gasteiger partial charge on any atom is 0.0808 e. The predicted octanol–water partition coefficient (Wildman–Crippen LogP) is 2.74. The Bertz CT molecular complexity index is 170. The van der Waals surface area contributed by atoms with Crippen LogP contribution >= 0.6 is 0 Å². The van der Waals surface area contributed by atoms with Crippen LogP contribution in [-0.4, -0.2) is 38.5 Å². The molecule has 1 aliphatic rings. The number of ether oxygens (including phenoxy) is 2. The number of rotatable bonds is 9. The summed E-state index contributed by atoms with van der Waals surface area (Å²) in [5, 5.41) is 3.54. The lowest BCUT2D eigenvalue weighted by Gasteiger charge is -2.24. The summed E-state index contributed by atoms with van der Waals surface area (Å²) in [7, 11) is 0. The highest BCUT2D eigenvalue weighted by molar-refractivity contribution is 4.67. The van der Waals surface area contributed by atoms with Crippen molar-refractivity contribution >= 4 is 0 Å². The van der Waals surface area contributed by atoms with Crippen molar-refractivity contribution in [1.82, 2.24) is 5.32 Å². The van der Waals surface area contributed by atoms with Crippen molar-refractivity contribution in [1.29, 1.82) is 0 Å². The summed E-state index contributed by atoms with van der Waals surface area (Å²) in [6.45, 7) is 8.04. The fourth-order valence-corrected chi connectivity index (χ4v) is 2.22. The van der Waals surface area contributed by atoms with Gasteiger partial charge in [-0.2, -0.15) is 0 Å². The number of hydrogen-bond donors (Lipinski definition) is 1. The van der Waals surface area contributed by atoms with Crippen molar-refractivity contribution < 1.29 is 9.47 Å². The minimum absolute atomic E-state index is 0.345. The zero-order chi connectivity index (χ0) is 12.3. The monoisotopic (exact) mass is 243 g/mol. The molecule has 0 aromatic rings. The molecule has 0 spiro atoms. The molecule has 3 heteroatoms. The summed E-state index contributed by atoms with van der Waals surface area (Å²) in [4.78, 5) is 0.